The highest BCUT2D eigenvalue weighted by molar-refractivity contribution is 5.79. The van der Waals surface area contributed by atoms with Crippen molar-refractivity contribution in [1.82, 2.24) is 4.90 Å². The summed E-state index contributed by atoms with van der Waals surface area (Å²) >= 11 is 0. The van der Waals surface area contributed by atoms with Gasteiger partial charge in [-0.2, -0.15) is 0 Å². The summed E-state index contributed by atoms with van der Waals surface area (Å²) in [6, 6.07) is 21.4. The van der Waals surface area contributed by atoms with Crippen LogP contribution in [0.3, 0.4) is 0 Å². The van der Waals surface area contributed by atoms with Crippen LogP contribution >= 0.6 is 0 Å². The number of benzene rings is 3. The van der Waals surface area contributed by atoms with Crippen molar-refractivity contribution in [2.24, 2.45) is 0 Å². The summed E-state index contributed by atoms with van der Waals surface area (Å²) in [6.45, 7) is 0.926. The van der Waals surface area contributed by atoms with Crippen molar-refractivity contribution < 1.29 is 28.8 Å². The van der Waals surface area contributed by atoms with Crippen molar-refractivity contribution in [3.05, 3.63) is 83.4 Å². The van der Waals surface area contributed by atoms with Gasteiger partial charge in [-0.3, -0.25) is 4.90 Å². The van der Waals surface area contributed by atoms with E-state index in [9.17, 15) is 9.90 Å². The Balaban J connectivity index is 1.23. The smallest absolute Gasteiger partial charge is 0.410 e. The molecule has 2 unspecified atom stereocenters. The van der Waals surface area contributed by atoms with E-state index in [2.05, 4.69) is 24.3 Å². The number of rotatable bonds is 5. The van der Waals surface area contributed by atoms with Gasteiger partial charge in [0.15, 0.2) is 0 Å². The fourth-order valence-corrected chi connectivity index (χ4v) is 6.46. The highest BCUT2D eigenvalue weighted by Gasteiger charge is 2.51. The van der Waals surface area contributed by atoms with Gasteiger partial charge in [0.2, 0.25) is 0 Å². The molecule has 7 nitrogen and oxygen atoms in total. The van der Waals surface area contributed by atoms with Gasteiger partial charge in [-0.1, -0.05) is 54.6 Å². The molecule has 6 rings (SSSR count). The first kappa shape index (κ1) is 23.8. The number of carbonyl (C=O) groups excluding carboxylic acids is 1. The normalized spacial score (nSPS) is 24.2. The first-order valence-electron chi connectivity index (χ1n) is 12.7. The molecule has 0 saturated carbocycles. The monoisotopic (exact) mass is 501 g/mol. The molecule has 2 atom stereocenters. The summed E-state index contributed by atoms with van der Waals surface area (Å²) in [6.07, 6.45) is 0.226. The lowest BCUT2D eigenvalue weighted by Crippen LogP contribution is -2.62. The molecular formula is C30H31NO6. The number of ether oxygens (including phenoxy) is 4. The van der Waals surface area contributed by atoms with Crippen molar-refractivity contribution in [2.45, 2.75) is 36.4 Å². The second-order valence-corrected chi connectivity index (χ2v) is 10.0. The van der Waals surface area contributed by atoms with Crippen LogP contribution in [0.15, 0.2) is 66.7 Å². The van der Waals surface area contributed by atoms with E-state index in [0.29, 0.717) is 43.1 Å². The van der Waals surface area contributed by atoms with Crippen LogP contribution in [0.5, 0.6) is 11.5 Å². The molecule has 2 saturated heterocycles. The van der Waals surface area contributed by atoms with Crippen LogP contribution in [-0.4, -0.2) is 62.2 Å². The molecule has 0 radical (unpaired) electrons. The zero-order valence-electron chi connectivity index (χ0n) is 21.1. The maximum Gasteiger partial charge on any atom is 0.410 e. The number of amides is 1. The zero-order chi connectivity index (χ0) is 25.6. The van der Waals surface area contributed by atoms with E-state index in [4.69, 9.17) is 18.9 Å². The Kier molecular flexibility index (Phi) is 6.05. The number of nitrogens with zero attached hydrogens (tertiary/aromatic N) is 1. The van der Waals surface area contributed by atoms with E-state index in [-0.39, 0.29) is 30.7 Å². The van der Waals surface area contributed by atoms with E-state index < -0.39 is 5.60 Å². The molecule has 37 heavy (non-hydrogen) atoms. The van der Waals surface area contributed by atoms with Crippen LogP contribution in [0.1, 0.15) is 35.4 Å². The minimum Gasteiger partial charge on any atom is -0.496 e. The highest BCUT2D eigenvalue weighted by atomic mass is 16.6. The van der Waals surface area contributed by atoms with Crippen LogP contribution in [0.4, 0.5) is 4.79 Å². The van der Waals surface area contributed by atoms with Crippen LogP contribution in [0.25, 0.3) is 11.1 Å². The molecule has 3 aromatic rings. The summed E-state index contributed by atoms with van der Waals surface area (Å²) in [5.74, 6) is 1.12. The van der Waals surface area contributed by atoms with Gasteiger partial charge in [0.25, 0.3) is 0 Å². The largest absolute Gasteiger partial charge is 0.496 e. The molecular weight excluding hydrogens is 470 g/mol. The van der Waals surface area contributed by atoms with Crippen LogP contribution in [0, 0.1) is 0 Å². The summed E-state index contributed by atoms with van der Waals surface area (Å²) in [4.78, 5) is 15.3. The highest BCUT2D eigenvalue weighted by Crippen LogP contribution is 2.48. The molecule has 3 aliphatic rings. The fourth-order valence-electron chi connectivity index (χ4n) is 6.46. The lowest BCUT2D eigenvalue weighted by Gasteiger charge is -2.51. The Hall–Kier alpha value is -3.55. The maximum absolute atomic E-state index is 13.5. The number of aliphatic hydroxyl groups is 1. The second kappa shape index (κ2) is 9.39. The van der Waals surface area contributed by atoms with Gasteiger partial charge in [0, 0.05) is 18.8 Å². The first-order valence-corrected chi connectivity index (χ1v) is 12.7. The van der Waals surface area contributed by atoms with Crippen molar-refractivity contribution >= 4 is 6.09 Å². The molecule has 192 valence electrons. The summed E-state index contributed by atoms with van der Waals surface area (Å²) in [7, 11) is 3.16. The van der Waals surface area contributed by atoms with Gasteiger partial charge >= 0.3 is 6.09 Å². The number of methoxy groups -OCH3 is 2. The molecule has 0 spiro atoms. The molecule has 2 heterocycles. The topological polar surface area (TPSA) is 77.5 Å². The zero-order valence-corrected chi connectivity index (χ0v) is 21.1. The van der Waals surface area contributed by atoms with Crippen molar-refractivity contribution in [3.63, 3.8) is 0 Å². The third kappa shape index (κ3) is 3.93. The van der Waals surface area contributed by atoms with Crippen LogP contribution in [-0.2, 0) is 15.1 Å². The summed E-state index contributed by atoms with van der Waals surface area (Å²) in [5, 5.41) is 11.9. The number of piperidine rings is 1. The molecule has 2 fully saturated rings. The molecule has 3 aromatic carbocycles. The minimum atomic E-state index is -1.23. The van der Waals surface area contributed by atoms with E-state index in [1.165, 1.54) is 22.3 Å². The Bertz CT molecular complexity index is 1240. The standard InChI is InChI=1S/C30H31NO6/c1-34-26-12-7-13-27(35-2)28(26)30(33)14-19-16-36-17-20(15-30)31(19)29(32)37-18-25-23-10-5-3-8-21(23)22-9-4-6-11-24(22)25/h3-13,19-20,25,33H,14-18H2,1-2H3. The molecule has 2 bridgehead atoms. The van der Waals surface area contributed by atoms with Crippen LogP contribution in [0.2, 0.25) is 0 Å². The third-order valence-corrected chi connectivity index (χ3v) is 7.99. The Labute approximate surface area is 216 Å². The molecule has 1 aliphatic carbocycles. The SMILES string of the molecule is COc1cccc(OC)c1C1(O)CC2COCC(C1)N2C(=O)OCC1c2ccccc2-c2ccccc21. The molecule has 1 N–H and O–H groups in total. The van der Waals surface area contributed by atoms with Gasteiger partial charge in [-0.15, -0.1) is 0 Å². The Morgan fingerprint density at radius 1 is 0.892 bits per heavy atom. The number of carbonyl (C=O) groups is 1. The summed E-state index contributed by atoms with van der Waals surface area (Å²) < 4.78 is 22.9. The Morgan fingerprint density at radius 3 is 1.97 bits per heavy atom. The quantitative estimate of drug-likeness (QED) is 0.546. The number of morpholine rings is 1. The van der Waals surface area contributed by atoms with Crippen LogP contribution < -0.4 is 9.47 Å². The van der Waals surface area contributed by atoms with Crippen molar-refractivity contribution in [2.75, 3.05) is 34.0 Å². The molecule has 7 heteroatoms. The average Bonchev–Trinajstić information content (AvgIpc) is 3.24. The molecule has 0 aromatic heterocycles. The number of hydrogen-bond donors (Lipinski definition) is 1. The fraction of sp³-hybridized carbons (Fsp3) is 0.367. The predicted molar refractivity (Wildman–Crippen MR) is 138 cm³/mol. The van der Waals surface area contributed by atoms with Gasteiger partial charge in [-0.25, -0.2) is 4.79 Å². The first-order chi connectivity index (χ1) is 18.0. The maximum atomic E-state index is 13.5. The summed E-state index contributed by atoms with van der Waals surface area (Å²) in [5.41, 5.74) is 4.13. The van der Waals surface area contributed by atoms with Gasteiger partial charge in [0.1, 0.15) is 23.7 Å². The molecule has 2 aliphatic heterocycles. The third-order valence-electron chi connectivity index (χ3n) is 7.99. The van der Waals surface area contributed by atoms with E-state index in [1.54, 1.807) is 19.1 Å². The second-order valence-electron chi connectivity index (χ2n) is 10.0. The van der Waals surface area contributed by atoms with Crippen molar-refractivity contribution in [1.29, 1.82) is 0 Å². The number of fused-ring (bicyclic) bond motifs is 5. The van der Waals surface area contributed by atoms with Crippen molar-refractivity contribution in [3.8, 4) is 22.6 Å². The average molecular weight is 502 g/mol. The van der Waals surface area contributed by atoms with E-state index in [0.717, 1.165) is 0 Å². The lowest BCUT2D eigenvalue weighted by atomic mass is 9.76. The predicted octanol–water partition coefficient (Wildman–Crippen LogP) is 4.70. The van der Waals surface area contributed by atoms with Gasteiger partial charge in [0.05, 0.1) is 45.1 Å². The molecule has 1 amide bonds. The Morgan fingerprint density at radius 2 is 1.43 bits per heavy atom. The van der Waals surface area contributed by atoms with E-state index in [1.807, 2.05) is 42.5 Å². The van der Waals surface area contributed by atoms with E-state index >= 15 is 0 Å². The van der Waals surface area contributed by atoms with Gasteiger partial charge in [-0.05, 0) is 34.4 Å². The van der Waals surface area contributed by atoms with Gasteiger partial charge < -0.3 is 24.1 Å². The number of hydrogen-bond acceptors (Lipinski definition) is 6. The lowest BCUT2D eigenvalue weighted by molar-refractivity contribution is -0.137. The minimum absolute atomic E-state index is 0.00740.